The second-order valence-corrected chi connectivity index (χ2v) is 6.03. The first-order valence-electron chi connectivity index (χ1n) is 8.19. The molecule has 0 aromatic heterocycles. The Morgan fingerprint density at radius 3 is 2.62 bits per heavy atom. The topological polar surface area (TPSA) is 30.5 Å². The van der Waals surface area contributed by atoms with Crippen LogP contribution in [0.4, 0.5) is 5.69 Å². The lowest BCUT2D eigenvalue weighted by atomic mass is 9.61. The monoisotopic (exact) mass is 291 g/mol. The third-order valence-electron chi connectivity index (χ3n) is 4.92. The SMILES string of the molecule is CCOCc1ccccc1NC1CC(OCC)C1(C)CC. The van der Waals surface area contributed by atoms with Gasteiger partial charge in [-0.3, -0.25) is 0 Å². The molecule has 118 valence electrons. The van der Waals surface area contributed by atoms with Gasteiger partial charge in [0.2, 0.25) is 0 Å². The molecule has 0 saturated heterocycles. The van der Waals surface area contributed by atoms with Crippen LogP contribution in [0.2, 0.25) is 0 Å². The first kappa shape index (κ1) is 16.3. The summed E-state index contributed by atoms with van der Waals surface area (Å²) in [5.41, 5.74) is 2.65. The number of nitrogens with one attached hydrogen (secondary N) is 1. The van der Waals surface area contributed by atoms with Crippen molar-refractivity contribution >= 4 is 5.69 Å². The largest absolute Gasteiger partial charge is 0.381 e. The van der Waals surface area contributed by atoms with Crippen LogP contribution in [0.25, 0.3) is 0 Å². The molecule has 0 heterocycles. The number of anilines is 1. The van der Waals surface area contributed by atoms with E-state index in [0.717, 1.165) is 26.1 Å². The number of benzene rings is 1. The van der Waals surface area contributed by atoms with Crippen molar-refractivity contribution in [3.05, 3.63) is 29.8 Å². The van der Waals surface area contributed by atoms with Crippen LogP contribution >= 0.6 is 0 Å². The van der Waals surface area contributed by atoms with Gasteiger partial charge in [0.15, 0.2) is 0 Å². The lowest BCUT2D eigenvalue weighted by molar-refractivity contribution is -0.109. The molecule has 0 bridgehead atoms. The van der Waals surface area contributed by atoms with Crippen LogP contribution < -0.4 is 5.32 Å². The van der Waals surface area contributed by atoms with Crippen molar-refractivity contribution in [1.29, 1.82) is 0 Å². The molecule has 3 unspecified atom stereocenters. The highest BCUT2D eigenvalue weighted by molar-refractivity contribution is 5.52. The van der Waals surface area contributed by atoms with Crippen LogP contribution in [0.15, 0.2) is 24.3 Å². The smallest absolute Gasteiger partial charge is 0.0736 e. The van der Waals surface area contributed by atoms with Gasteiger partial charge in [0.25, 0.3) is 0 Å². The molecule has 1 aliphatic rings. The fourth-order valence-corrected chi connectivity index (χ4v) is 3.16. The molecule has 1 fully saturated rings. The molecular weight excluding hydrogens is 262 g/mol. The zero-order valence-electron chi connectivity index (χ0n) is 13.8. The van der Waals surface area contributed by atoms with Crippen molar-refractivity contribution in [2.24, 2.45) is 5.41 Å². The molecule has 3 heteroatoms. The molecule has 1 aromatic carbocycles. The third-order valence-corrected chi connectivity index (χ3v) is 4.92. The van der Waals surface area contributed by atoms with Crippen molar-refractivity contribution in [2.75, 3.05) is 18.5 Å². The Hall–Kier alpha value is -1.06. The van der Waals surface area contributed by atoms with E-state index in [9.17, 15) is 0 Å². The van der Waals surface area contributed by atoms with Crippen molar-refractivity contribution in [3.8, 4) is 0 Å². The average molecular weight is 291 g/mol. The molecule has 21 heavy (non-hydrogen) atoms. The Balaban J connectivity index is 2.05. The fraction of sp³-hybridized carbons (Fsp3) is 0.667. The van der Waals surface area contributed by atoms with Crippen LogP contribution in [0.3, 0.4) is 0 Å². The molecule has 0 amide bonds. The van der Waals surface area contributed by atoms with Gasteiger partial charge in [0.1, 0.15) is 0 Å². The summed E-state index contributed by atoms with van der Waals surface area (Å²) in [5, 5.41) is 3.73. The number of para-hydroxylation sites is 1. The minimum Gasteiger partial charge on any atom is -0.381 e. The van der Waals surface area contributed by atoms with Gasteiger partial charge in [0.05, 0.1) is 12.7 Å². The van der Waals surface area contributed by atoms with E-state index in [-0.39, 0.29) is 5.41 Å². The van der Waals surface area contributed by atoms with E-state index < -0.39 is 0 Å². The fourth-order valence-electron chi connectivity index (χ4n) is 3.16. The zero-order valence-corrected chi connectivity index (χ0v) is 13.8. The Labute approximate surface area is 129 Å². The van der Waals surface area contributed by atoms with Gasteiger partial charge < -0.3 is 14.8 Å². The van der Waals surface area contributed by atoms with E-state index in [1.165, 1.54) is 11.3 Å². The molecule has 1 saturated carbocycles. The highest BCUT2D eigenvalue weighted by Gasteiger charge is 2.51. The number of hydrogen-bond donors (Lipinski definition) is 1. The molecule has 2 rings (SSSR count). The van der Waals surface area contributed by atoms with Crippen LogP contribution in [0.5, 0.6) is 0 Å². The van der Waals surface area contributed by atoms with Crippen LogP contribution in [-0.2, 0) is 16.1 Å². The van der Waals surface area contributed by atoms with Crippen LogP contribution in [0.1, 0.15) is 46.1 Å². The van der Waals surface area contributed by atoms with Gasteiger partial charge in [-0.1, -0.05) is 32.0 Å². The Kier molecular flexibility index (Phi) is 5.65. The van der Waals surface area contributed by atoms with Gasteiger partial charge in [0, 0.05) is 35.9 Å². The van der Waals surface area contributed by atoms with Crippen molar-refractivity contribution in [3.63, 3.8) is 0 Å². The molecule has 0 aliphatic heterocycles. The summed E-state index contributed by atoms with van der Waals surface area (Å²) in [4.78, 5) is 0. The van der Waals surface area contributed by atoms with Crippen molar-refractivity contribution in [2.45, 2.75) is 59.3 Å². The molecule has 3 atom stereocenters. The van der Waals surface area contributed by atoms with Crippen LogP contribution in [0, 0.1) is 5.41 Å². The van der Waals surface area contributed by atoms with Gasteiger partial charge in [-0.05, 0) is 32.8 Å². The Morgan fingerprint density at radius 1 is 1.19 bits per heavy atom. The Bertz CT molecular complexity index is 449. The third kappa shape index (κ3) is 3.41. The van der Waals surface area contributed by atoms with E-state index in [1.54, 1.807) is 0 Å². The summed E-state index contributed by atoms with van der Waals surface area (Å²) < 4.78 is 11.4. The molecule has 3 nitrogen and oxygen atoms in total. The van der Waals surface area contributed by atoms with E-state index in [0.29, 0.717) is 18.8 Å². The minimum atomic E-state index is 0.217. The predicted octanol–water partition coefficient (Wildman–Crippen LogP) is 4.23. The normalized spacial score (nSPS) is 28.2. The van der Waals surface area contributed by atoms with Crippen molar-refractivity contribution < 1.29 is 9.47 Å². The van der Waals surface area contributed by atoms with E-state index >= 15 is 0 Å². The summed E-state index contributed by atoms with van der Waals surface area (Å²) >= 11 is 0. The molecule has 0 spiro atoms. The van der Waals surface area contributed by atoms with E-state index in [2.05, 4.69) is 50.4 Å². The summed E-state index contributed by atoms with van der Waals surface area (Å²) in [6.07, 6.45) is 2.59. The number of ether oxygens (including phenoxy) is 2. The molecule has 1 N–H and O–H groups in total. The van der Waals surface area contributed by atoms with Gasteiger partial charge in [-0.15, -0.1) is 0 Å². The lowest BCUT2D eigenvalue weighted by Crippen LogP contribution is -2.59. The molecular formula is C18H29NO2. The van der Waals surface area contributed by atoms with Gasteiger partial charge >= 0.3 is 0 Å². The maximum Gasteiger partial charge on any atom is 0.0736 e. The Morgan fingerprint density at radius 2 is 1.95 bits per heavy atom. The maximum atomic E-state index is 5.88. The van der Waals surface area contributed by atoms with E-state index in [1.807, 2.05) is 6.92 Å². The molecule has 1 aliphatic carbocycles. The number of rotatable bonds is 8. The van der Waals surface area contributed by atoms with Gasteiger partial charge in [-0.25, -0.2) is 0 Å². The summed E-state index contributed by atoms with van der Waals surface area (Å²) in [6.45, 7) is 10.9. The second kappa shape index (κ2) is 7.28. The summed E-state index contributed by atoms with van der Waals surface area (Å²) in [5.74, 6) is 0. The van der Waals surface area contributed by atoms with Gasteiger partial charge in [-0.2, -0.15) is 0 Å². The van der Waals surface area contributed by atoms with Crippen molar-refractivity contribution in [1.82, 2.24) is 0 Å². The quantitative estimate of drug-likeness (QED) is 0.777. The minimum absolute atomic E-state index is 0.217. The first-order valence-corrected chi connectivity index (χ1v) is 8.19. The van der Waals surface area contributed by atoms with E-state index in [4.69, 9.17) is 9.47 Å². The molecule has 0 radical (unpaired) electrons. The predicted molar refractivity (Wildman–Crippen MR) is 87.6 cm³/mol. The highest BCUT2D eigenvalue weighted by Crippen LogP contribution is 2.47. The standard InChI is InChI=1S/C18H29NO2/c1-5-18(4)16(12-17(18)21-7-3)19-15-11-9-8-10-14(15)13-20-6-2/h8-11,16-17,19H,5-7,12-13H2,1-4H3. The van der Waals surface area contributed by atoms with Crippen LogP contribution in [-0.4, -0.2) is 25.4 Å². The second-order valence-electron chi connectivity index (χ2n) is 6.03. The summed E-state index contributed by atoms with van der Waals surface area (Å²) in [6, 6.07) is 8.92. The highest BCUT2D eigenvalue weighted by atomic mass is 16.5. The summed E-state index contributed by atoms with van der Waals surface area (Å²) in [7, 11) is 0. The maximum absolute atomic E-state index is 5.88. The average Bonchev–Trinajstić information content (AvgIpc) is 2.52. The lowest BCUT2D eigenvalue weighted by Gasteiger charge is -2.54. The first-order chi connectivity index (χ1) is 10.2. The number of hydrogen-bond acceptors (Lipinski definition) is 3. The zero-order chi connectivity index (χ0) is 15.3. The molecule has 1 aromatic rings.